The first kappa shape index (κ1) is 15.5. The lowest BCUT2D eigenvalue weighted by Gasteiger charge is -2.37. The van der Waals surface area contributed by atoms with Gasteiger partial charge in [-0.3, -0.25) is 14.3 Å². The first-order valence-electron chi connectivity index (χ1n) is 7.54. The number of carboxylic acids is 1. The van der Waals surface area contributed by atoms with Crippen molar-refractivity contribution in [2.45, 2.75) is 64.5 Å². The number of aliphatic carboxylic acids is 1. The van der Waals surface area contributed by atoms with Gasteiger partial charge in [0, 0.05) is 6.54 Å². The molecular formula is C15H23N3O3. The van der Waals surface area contributed by atoms with Gasteiger partial charge in [-0.05, 0) is 32.8 Å². The van der Waals surface area contributed by atoms with Crippen LogP contribution in [0.5, 0.6) is 0 Å². The van der Waals surface area contributed by atoms with Crippen LogP contribution in [-0.2, 0) is 11.3 Å². The Balaban J connectivity index is 2.19. The van der Waals surface area contributed by atoms with Gasteiger partial charge in [-0.2, -0.15) is 5.10 Å². The van der Waals surface area contributed by atoms with Gasteiger partial charge in [-0.15, -0.1) is 0 Å². The van der Waals surface area contributed by atoms with Gasteiger partial charge < -0.3 is 10.4 Å². The van der Waals surface area contributed by atoms with Crippen LogP contribution >= 0.6 is 0 Å². The molecule has 0 unspecified atom stereocenters. The third-order valence-electron chi connectivity index (χ3n) is 4.11. The molecule has 1 aliphatic rings. The topological polar surface area (TPSA) is 84.2 Å². The quantitative estimate of drug-likeness (QED) is 0.871. The van der Waals surface area contributed by atoms with Gasteiger partial charge in [0.25, 0.3) is 5.91 Å². The average molecular weight is 293 g/mol. The predicted octanol–water partition coefficient (Wildman–Crippen LogP) is 2.12. The molecule has 21 heavy (non-hydrogen) atoms. The fraction of sp³-hybridized carbons (Fsp3) is 0.667. The maximum Gasteiger partial charge on any atom is 0.305 e. The van der Waals surface area contributed by atoms with Crippen molar-refractivity contribution in [1.29, 1.82) is 0 Å². The molecule has 0 bridgehead atoms. The predicted molar refractivity (Wildman–Crippen MR) is 78.2 cm³/mol. The summed E-state index contributed by atoms with van der Waals surface area (Å²) in [6.45, 7) is 4.38. The van der Waals surface area contributed by atoms with Gasteiger partial charge in [0.05, 0.1) is 17.7 Å². The molecule has 1 amide bonds. The molecule has 1 saturated carbocycles. The van der Waals surface area contributed by atoms with Gasteiger partial charge in [0.2, 0.25) is 0 Å². The van der Waals surface area contributed by atoms with E-state index in [4.69, 9.17) is 5.11 Å². The minimum Gasteiger partial charge on any atom is -0.481 e. The molecular weight excluding hydrogens is 270 g/mol. The van der Waals surface area contributed by atoms with Crippen molar-refractivity contribution in [3.05, 3.63) is 17.5 Å². The Bertz CT molecular complexity index is 530. The van der Waals surface area contributed by atoms with Crippen LogP contribution in [0.25, 0.3) is 0 Å². The van der Waals surface area contributed by atoms with Gasteiger partial charge in [-0.25, -0.2) is 0 Å². The molecule has 1 aromatic rings. The summed E-state index contributed by atoms with van der Waals surface area (Å²) in [5.74, 6) is -1.09. The minimum absolute atomic E-state index is 0.0159. The molecule has 0 atom stereocenters. The molecule has 0 radical (unpaired) electrons. The van der Waals surface area contributed by atoms with Crippen LogP contribution in [0.15, 0.2) is 6.07 Å². The molecule has 0 saturated heterocycles. The van der Waals surface area contributed by atoms with Crippen LogP contribution in [0.1, 0.15) is 61.6 Å². The van der Waals surface area contributed by atoms with Gasteiger partial charge >= 0.3 is 5.97 Å². The summed E-state index contributed by atoms with van der Waals surface area (Å²) in [5, 5.41) is 16.4. The number of nitrogens with one attached hydrogen (secondary N) is 1. The number of rotatable bonds is 5. The zero-order valence-corrected chi connectivity index (χ0v) is 12.7. The van der Waals surface area contributed by atoms with E-state index in [2.05, 4.69) is 10.4 Å². The summed E-state index contributed by atoms with van der Waals surface area (Å²) < 4.78 is 1.65. The number of carboxylic acid groups (broad SMARTS) is 1. The van der Waals surface area contributed by atoms with E-state index >= 15 is 0 Å². The van der Waals surface area contributed by atoms with Crippen molar-refractivity contribution >= 4 is 11.9 Å². The lowest BCUT2D eigenvalue weighted by Crippen LogP contribution is -2.51. The fourth-order valence-electron chi connectivity index (χ4n) is 3.14. The van der Waals surface area contributed by atoms with Crippen molar-refractivity contribution in [3.63, 3.8) is 0 Å². The molecule has 116 valence electrons. The molecule has 1 fully saturated rings. The minimum atomic E-state index is -0.864. The van der Waals surface area contributed by atoms with E-state index in [1.807, 2.05) is 13.8 Å². The SMILES string of the molecule is CCn1nc(C)cc1C(=O)NC1(CC(=O)O)CCCCC1. The van der Waals surface area contributed by atoms with Crippen LogP contribution in [-0.4, -0.2) is 32.3 Å². The normalized spacial score (nSPS) is 17.4. The lowest BCUT2D eigenvalue weighted by atomic mass is 9.79. The van der Waals surface area contributed by atoms with E-state index in [0.29, 0.717) is 12.2 Å². The Morgan fingerprint density at radius 2 is 2.05 bits per heavy atom. The average Bonchev–Trinajstić information content (AvgIpc) is 2.80. The third kappa shape index (κ3) is 3.62. The summed E-state index contributed by atoms with van der Waals surface area (Å²) in [6, 6.07) is 1.75. The van der Waals surface area contributed by atoms with Crippen LogP contribution in [0.3, 0.4) is 0 Å². The zero-order valence-electron chi connectivity index (χ0n) is 12.7. The number of hydrogen-bond donors (Lipinski definition) is 2. The Labute approximate surface area is 124 Å². The van der Waals surface area contributed by atoms with Crippen LogP contribution in [0, 0.1) is 6.92 Å². The van der Waals surface area contributed by atoms with E-state index in [9.17, 15) is 9.59 Å². The van der Waals surface area contributed by atoms with E-state index in [1.165, 1.54) is 0 Å². The first-order chi connectivity index (χ1) is 9.96. The first-order valence-corrected chi connectivity index (χ1v) is 7.54. The maximum atomic E-state index is 12.5. The van der Waals surface area contributed by atoms with Gasteiger partial charge in [-0.1, -0.05) is 19.3 Å². The molecule has 1 aromatic heterocycles. The summed E-state index contributed by atoms with van der Waals surface area (Å²) in [7, 11) is 0. The fourth-order valence-corrected chi connectivity index (χ4v) is 3.14. The zero-order chi connectivity index (χ0) is 15.5. The number of carbonyl (C=O) groups is 2. The van der Waals surface area contributed by atoms with Crippen molar-refractivity contribution in [2.24, 2.45) is 0 Å². The lowest BCUT2D eigenvalue weighted by molar-refractivity contribution is -0.139. The van der Waals surface area contributed by atoms with Crippen LogP contribution < -0.4 is 5.32 Å². The van der Waals surface area contributed by atoms with Gasteiger partial charge in [0.1, 0.15) is 5.69 Å². The monoisotopic (exact) mass is 293 g/mol. The Morgan fingerprint density at radius 1 is 1.38 bits per heavy atom. The van der Waals surface area contributed by atoms with Gasteiger partial charge in [0.15, 0.2) is 0 Å². The van der Waals surface area contributed by atoms with Crippen molar-refractivity contribution in [1.82, 2.24) is 15.1 Å². The molecule has 1 aliphatic carbocycles. The highest BCUT2D eigenvalue weighted by atomic mass is 16.4. The highest BCUT2D eigenvalue weighted by molar-refractivity contribution is 5.93. The highest BCUT2D eigenvalue weighted by Gasteiger charge is 2.36. The second-order valence-electron chi connectivity index (χ2n) is 5.85. The number of aryl methyl sites for hydroxylation is 2. The standard InChI is InChI=1S/C15H23N3O3/c1-3-18-12(9-11(2)17-18)14(21)16-15(10-13(19)20)7-5-4-6-8-15/h9H,3-8,10H2,1-2H3,(H,16,21)(H,19,20). The second kappa shape index (κ2) is 6.28. The molecule has 0 aromatic carbocycles. The third-order valence-corrected chi connectivity index (χ3v) is 4.11. The molecule has 6 heteroatoms. The Hall–Kier alpha value is -1.85. The Morgan fingerprint density at radius 3 is 2.62 bits per heavy atom. The molecule has 6 nitrogen and oxygen atoms in total. The Kier molecular flexibility index (Phi) is 4.65. The van der Waals surface area contributed by atoms with Crippen molar-refractivity contribution < 1.29 is 14.7 Å². The van der Waals surface area contributed by atoms with Crippen molar-refractivity contribution in [2.75, 3.05) is 0 Å². The number of hydrogen-bond acceptors (Lipinski definition) is 3. The number of amides is 1. The molecule has 1 heterocycles. The summed E-state index contributed by atoms with van der Waals surface area (Å²) >= 11 is 0. The van der Waals surface area contributed by atoms with Crippen LogP contribution in [0.4, 0.5) is 0 Å². The van der Waals surface area contributed by atoms with E-state index < -0.39 is 11.5 Å². The molecule has 2 N–H and O–H groups in total. The van der Waals surface area contributed by atoms with E-state index in [0.717, 1.165) is 37.8 Å². The smallest absolute Gasteiger partial charge is 0.305 e. The molecule has 0 aliphatic heterocycles. The van der Waals surface area contributed by atoms with Crippen molar-refractivity contribution in [3.8, 4) is 0 Å². The number of carbonyl (C=O) groups excluding carboxylic acids is 1. The highest BCUT2D eigenvalue weighted by Crippen LogP contribution is 2.31. The summed E-state index contributed by atoms with van der Waals surface area (Å²) in [5.41, 5.74) is 0.682. The largest absolute Gasteiger partial charge is 0.481 e. The van der Waals surface area contributed by atoms with E-state index in [-0.39, 0.29) is 12.3 Å². The summed E-state index contributed by atoms with van der Waals surface area (Å²) in [4.78, 5) is 23.7. The second-order valence-corrected chi connectivity index (χ2v) is 5.85. The van der Waals surface area contributed by atoms with Crippen LogP contribution in [0.2, 0.25) is 0 Å². The number of nitrogens with zero attached hydrogens (tertiary/aromatic N) is 2. The molecule has 0 spiro atoms. The number of aromatic nitrogens is 2. The summed E-state index contributed by atoms with van der Waals surface area (Å²) in [6.07, 6.45) is 4.45. The van der Waals surface area contributed by atoms with E-state index in [1.54, 1.807) is 10.7 Å². The molecule has 2 rings (SSSR count). The maximum absolute atomic E-state index is 12.5.